The Morgan fingerprint density at radius 1 is 1.38 bits per heavy atom. The summed E-state index contributed by atoms with van der Waals surface area (Å²) in [6.07, 6.45) is 2.51. The van der Waals surface area contributed by atoms with Crippen LogP contribution < -0.4 is 0 Å². The first-order valence-electron chi connectivity index (χ1n) is 7.30. The van der Waals surface area contributed by atoms with Crippen molar-refractivity contribution in [1.29, 1.82) is 0 Å². The molecule has 7 heteroatoms. The Bertz CT molecular complexity index is 847. The van der Waals surface area contributed by atoms with E-state index >= 15 is 0 Å². The van der Waals surface area contributed by atoms with Gasteiger partial charge in [-0.3, -0.25) is 9.69 Å². The summed E-state index contributed by atoms with van der Waals surface area (Å²) in [5, 5.41) is 0.0332. The van der Waals surface area contributed by atoms with Crippen LogP contribution in [0.2, 0.25) is 5.02 Å². The minimum absolute atomic E-state index is 0.0332. The van der Waals surface area contributed by atoms with E-state index in [-0.39, 0.29) is 10.9 Å². The Kier molecular flexibility index (Phi) is 5.08. The van der Waals surface area contributed by atoms with Crippen LogP contribution in [0.15, 0.2) is 39.7 Å². The maximum absolute atomic E-state index is 13.2. The van der Waals surface area contributed by atoms with Crippen LogP contribution in [0.5, 0.6) is 0 Å². The van der Waals surface area contributed by atoms with Crippen LogP contribution in [-0.2, 0) is 4.79 Å². The minimum atomic E-state index is -0.480. The summed E-state index contributed by atoms with van der Waals surface area (Å²) in [5.74, 6) is 0.496. The summed E-state index contributed by atoms with van der Waals surface area (Å²) in [6, 6.07) is 7.88. The SMILES string of the molecule is CCCN1C(=O)/C(=C\c2ccc(-c3ccc(F)c(Cl)c3)o2)SC1=S. The molecular formula is C17H13ClFNO2S2. The highest BCUT2D eigenvalue weighted by atomic mass is 35.5. The number of nitrogens with zero attached hydrogens (tertiary/aromatic N) is 1. The first-order valence-corrected chi connectivity index (χ1v) is 8.90. The summed E-state index contributed by atoms with van der Waals surface area (Å²) in [7, 11) is 0. The molecule has 0 spiro atoms. The van der Waals surface area contributed by atoms with Crippen LogP contribution in [-0.4, -0.2) is 21.7 Å². The van der Waals surface area contributed by atoms with Gasteiger partial charge in [0.2, 0.25) is 0 Å². The summed E-state index contributed by atoms with van der Waals surface area (Å²) in [6.45, 7) is 2.61. The van der Waals surface area contributed by atoms with Gasteiger partial charge < -0.3 is 4.42 Å². The fourth-order valence-electron chi connectivity index (χ4n) is 2.28. The van der Waals surface area contributed by atoms with Crippen LogP contribution in [0.25, 0.3) is 17.4 Å². The molecule has 1 aromatic heterocycles. The number of thiocarbonyl (C=S) groups is 1. The first-order chi connectivity index (χ1) is 11.5. The first kappa shape index (κ1) is 17.2. The van der Waals surface area contributed by atoms with E-state index in [4.69, 9.17) is 28.2 Å². The third-order valence-electron chi connectivity index (χ3n) is 3.43. The van der Waals surface area contributed by atoms with E-state index in [1.54, 1.807) is 29.2 Å². The summed E-state index contributed by atoms with van der Waals surface area (Å²) >= 11 is 12.3. The van der Waals surface area contributed by atoms with Crippen LogP contribution in [0.3, 0.4) is 0 Å². The Morgan fingerprint density at radius 2 is 2.17 bits per heavy atom. The van der Waals surface area contributed by atoms with Crippen LogP contribution in [0, 0.1) is 5.82 Å². The Hall–Kier alpha value is -1.63. The zero-order chi connectivity index (χ0) is 17.3. The maximum atomic E-state index is 13.2. The smallest absolute Gasteiger partial charge is 0.266 e. The van der Waals surface area contributed by atoms with E-state index in [0.717, 1.165) is 6.42 Å². The van der Waals surface area contributed by atoms with Crippen molar-refractivity contribution in [3.8, 4) is 11.3 Å². The molecule has 124 valence electrons. The summed E-state index contributed by atoms with van der Waals surface area (Å²) < 4.78 is 19.5. The highest BCUT2D eigenvalue weighted by molar-refractivity contribution is 8.26. The average Bonchev–Trinajstić information content (AvgIpc) is 3.11. The third kappa shape index (κ3) is 3.41. The van der Waals surface area contributed by atoms with E-state index in [0.29, 0.717) is 32.9 Å². The third-order valence-corrected chi connectivity index (χ3v) is 5.09. The predicted octanol–water partition coefficient (Wildman–Crippen LogP) is 5.35. The lowest BCUT2D eigenvalue weighted by Crippen LogP contribution is -2.28. The van der Waals surface area contributed by atoms with Crippen molar-refractivity contribution in [3.05, 3.63) is 51.8 Å². The fraction of sp³-hybridized carbons (Fsp3) is 0.176. The second kappa shape index (κ2) is 7.09. The molecule has 0 bridgehead atoms. The van der Waals surface area contributed by atoms with Crippen LogP contribution >= 0.6 is 35.6 Å². The number of halogens is 2. The zero-order valence-corrected chi connectivity index (χ0v) is 15.1. The van der Waals surface area contributed by atoms with Crippen molar-refractivity contribution in [2.75, 3.05) is 6.54 Å². The van der Waals surface area contributed by atoms with Crippen molar-refractivity contribution in [3.63, 3.8) is 0 Å². The number of amides is 1. The molecule has 0 radical (unpaired) electrons. The topological polar surface area (TPSA) is 33.5 Å². The Balaban J connectivity index is 1.85. The lowest BCUT2D eigenvalue weighted by molar-refractivity contribution is -0.122. The van der Waals surface area contributed by atoms with Gasteiger partial charge in [-0.2, -0.15) is 0 Å². The van der Waals surface area contributed by atoms with Gasteiger partial charge in [0, 0.05) is 18.2 Å². The largest absolute Gasteiger partial charge is 0.457 e. The number of benzene rings is 1. The van der Waals surface area contributed by atoms with Crippen molar-refractivity contribution >= 4 is 51.9 Å². The second-order valence-electron chi connectivity index (χ2n) is 5.16. The number of thioether (sulfide) groups is 1. The van der Waals surface area contributed by atoms with E-state index in [1.807, 2.05) is 6.92 Å². The van der Waals surface area contributed by atoms with Crippen LogP contribution in [0.1, 0.15) is 19.1 Å². The molecule has 1 amide bonds. The van der Waals surface area contributed by atoms with Gasteiger partial charge in [0.25, 0.3) is 5.91 Å². The predicted molar refractivity (Wildman–Crippen MR) is 99.3 cm³/mol. The van der Waals surface area contributed by atoms with E-state index in [1.165, 1.54) is 23.9 Å². The number of furan rings is 1. The second-order valence-corrected chi connectivity index (χ2v) is 7.25. The molecular weight excluding hydrogens is 369 g/mol. The summed E-state index contributed by atoms with van der Waals surface area (Å²) in [5.41, 5.74) is 0.666. The van der Waals surface area contributed by atoms with Gasteiger partial charge >= 0.3 is 0 Å². The van der Waals surface area contributed by atoms with E-state index in [2.05, 4.69) is 0 Å². The van der Waals surface area contributed by atoms with Gasteiger partial charge in [-0.05, 0) is 36.8 Å². The average molecular weight is 382 g/mol. The van der Waals surface area contributed by atoms with Crippen LogP contribution in [0.4, 0.5) is 4.39 Å². The number of hydrogen-bond acceptors (Lipinski definition) is 4. The molecule has 1 aliphatic heterocycles. The molecule has 2 heterocycles. The molecule has 0 aliphatic carbocycles. The molecule has 2 aromatic rings. The molecule has 1 saturated heterocycles. The number of hydrogen-bond donors (Lipinski definition) is 0. The molecule has 24 heavy (non-hydrogen) atoms. The quantitative estimate of drug-likeness (QED) is 0.528. The molecule has 1 aliphatic rings. The highest BCUT2D eigenvalue weighted by Gasteiger charge is 2.31. The number of rotatable bonds is 4. The molecule has 1 aromatic carbocycles. The Labute approximate surface area is 153 Å². The number of carbonyl (C=O) groups is 1. The monoisotopic (exact) mass is 381 g/mol. The van der Waals surface area contributed by atoms with Gasteiger partial charge in [-0.1, -0.05) is 42.5 Å². The van der Waals surface area contributed by atoms with Crippen molar-refractivity contribution in [1.82, 2.24) is 4.90 Å². The van der Waals surface area contributed by atoms with Crippen molar-refractivity contribution in [2.24, 2.45) is 0 Å². The molecule has 3 rings (SSSR count). The van der Waals surface area contributed by atoms with Gasteiger partial charge in [0.05, 0.1) is 9.93 Å². The minimum Gasteiger partial charge on any atom is -0.457 e. The molecule has 0 atom stereocenters. The molecule has 0 saturated carbocycles. The van der Waals surface area contributed by atoms with Gasteiger partial charge in [0.15, 0.2) is 0 Å². The zero-order valence-electron chi connectivity index (χ0n) is 12.7. The standard InChI is InChI=1S/C17H13ClFNO2S2/c1-2-7-20-16(21)15(24-17(20)23)9-11-4-6-14(22-11)10-3-5-13(19)12(18)8-10/h3-6,8-9H,2,7H2,1H3/b15-9+. The normalized spacial score (nSPS) is 16.5. The Morgan fingerprint density at radius 3 is 2.88 bits per heavy atom. The number of carbonyl (C=O) groups excluding carboxylic acids is 1. The van der Waals surface area contributed by atoms with E-state index < -0.39 is 5.82 Å². The lowest BCUT2D eigenvalue weighted by Gasteiger charge is -2.11. The van der Waals surface area contributed by atoms with Crippen molar-refractivity contribution < 1.29 is 13.6 Å². The molecule has 1 fully saturated rings. The highest BCUT2D eigenvalue weighted by Crippen LogP contribution is 2.34. The molecule has 3 nitrogen and oxygen atoms in total. The lowest BCUT2D eigenvalue weighted by atomic mass is 10.2. The van der Waals surface area contributed by atoms with Gasteiger partial charge in [-0.25, -0.2) is 4.39 Å². The van der Waals surface area contributed by atoms with Crippen molar-refractivity contribution in [2.45, 2.75) is 13.3 Å². The molecule has 0 unspecified atom stereocenters. The molecule has 0 N–H and O–H groups in total. The fourth-order valence-corrected chi connectivity index (χ4v) is 3.75. The van der Waals surface area contributed by atoms with E-state index in [9.17, 15) is 9.18 Å². The van der Waals surface area contributed by atoms with Gasteiger partial charge in [-0.15, -0.1) is 0 Å². The maximum Gasteiger partial charge on any atom is 0.266 e. The summed E-state index contributed by atoms with van der Waals surface area (Å²) in [4.78, 5) is 14.4. The van der Waals surface area contributed by atoms with Gasteiger partial charge in [0.1, 0.15) is 21.7 Å².